The Labute approximate surface area is 202 Å². The molecule has 0 aliphatic heterocycles. The van der Waals surface area contributed by atoms with E-state index in [0.29, 0.717) is 30.2 Å². The quantitative estimate of drug-likeness (QED) is 0.343. The molecule has 0 bridgehead atoms. The van der Waals surface area contributed by atoms with Crippen LogP contribution in [0.1, 0.15) is 58.4 Å². The highest BCUT2D eigenvalue weighted by Gasteiger charge is 2.45. The van der Waals surface area contributed by atoms with Gasteiger partial charge in [0.2, 0.25) is 0 Å². The maximum atomic E-state index is 9.76. The molecule has 2 rings (SSSR count). The van der Waals surface area contributed by atoms with Crippen molar-refractivity contribution in [1.82, 2.24) is 4.98 Å². The fourth-order valence-corrected chi connectivity index (χ4v) is 4.96. The van der Waals surface area contributed by atoms with Crippen molar-refractivity contribution in [2.45, 2.75) is 71.9 Å². The Hall–Kier alpha value is -1.41. The van der Waals surface area contributed by atoms with Crippen LogP contribution >= 0.6 is 15.9 Å². The third-order valence-corrected chi connectivity index (χ3v) is 11.3. The molecule has 1 aromatic heterocycles. The van der Waals surface area contributed by atoms with Crippen LogP contribution in [-0.4, -0.2) is 32.1 Å². The highest BCUT2D eigenvalue weighted by atomic mass is 79.9. The predicted octanol–water partition coefficient (Wildman–Crippen LogP) is 6.90. The summed E-state index contributed by atoms with van der Waals surface area (Å²) >= 11 is 3.58. The second-order valence-electron chi connectivity index (χ2n) is 10.3. The highest BCUT2D eigenvalue weighted by Crippen LogP contribution is 2.50. The van der Waals surface area contributed by atoms with Crippen molar-refractivity contribution in [2.24, 2.45) is 5.41 Å². The Kier molecular flexibility index (Phi) is 8.95. The summed E-state index contributed by atoms with van der Waals surface area (Å²) in [5.74, 6) is 1.16. The van der Waals surface area contributed by atoms with Crippen LogP contribution in [0.4, 0.5) is 0 Å². The minimum absolute atomic E-state index is 0.0236. The van der Waals surface area contributed by atoms with E-state index >= 15 is 0 Å². The number of nitrogens with zero attached hydrogens (tertiary/aromatic N) is 1. The molecule has 0 amide bonds. The fourth-order valence-electron chi connectivity index (χ4n) is 3.19. The molecule has 0 spiro atoms. The Bertz CT molecular complexity index is 882. The summed E-state index contributed by atoms with van der Waals surface area (Å²) in [4.78, 5) is 4.74. The molecule has 0 saturated heterocycles. The monoisotopic (exact) mass is 523 g/mol. The van der Waals surface area contributed by atoms with Gasteiger partial charge in [-0.2, -0.15) is 0 Å². The van der Waals surface area contributed by atoms with Gasteiger partial charge in [-0.3, -0.25) is 4.98 Å². The van der Waals surface area contributed by atoms with E-state index in [4.69, 9.17) is 18.9 Å². The SMILES string of the molecule is COc1c(C(O[Si](C)(C)C(C)(C)C)C(C)(C)CCO)ncc(Br)c1OCc1ccccc1. The molecule has 0 aliphatic rings. The van der Waals surface area contributed by atoms with Gasteiger partial charge in [-0.15, -0.1) is 0 Å². The van der Waals surface area contributed by atoms with Crippen LogP contribution in [0.15, 0.2) is 41.0 Å². The number of benzene rings is 1. The molecular formula is C25H38BrNO4Si. The molecule has 1 N–H and O–H groups in total. The van der Waals surface area contributed by atoms with Crippen LogP contribution in [0.2, 0.25) is 18.1 Å². The summed E-state index contributed by atoms with van der Waals surface area (Å²) in [5, 5.41) is 9.79. The van der Waals surface area contributed by atoms with Crippen molar-refractivity contribution in [2.75, 3.05) is 13.7 Å². The van der Waals surface area contributed by atoms with E-state index in [9.17, 15) is 5.11 Å². The first kappa shape index (κ1) is 26.8. The third-order valence-electron chi connectivity index (χ3n) is 6.34. The van der Waals surface area contributed by atoms with Gasteiger partial charge in [0.05, 0.1) is 17.7 Å². The summed E-state index contributed by atoms with van der Waals surface area (Å²) in [5.41, 5.74) is 1.39. The number of aliphatic hydroxyl groups excluding tert-OH is 1. The molecule has 2 aromatic rings. The van der Waals surface area contributed by atoms with E-state index in [1.54, 1.807) is 13.3 Å². The minimum atomic E-state index is -2.16. The standard InChI is InChI=1S/C25H38BrNO4Si/c1-24(2,3)32(7,8)31-23(25(4,5)14-15-28)20-22(29-6)21(19(26)16-27-20)30-17-18-12-10-9-11-13-18/h9-13,16,23,28H,14-15,17H2,1-8H3. The van der Waals surface area contributed by atoms with Crippen LogP contribution in [0.25, 0.3) is 0 Å². The van der Waals surface area contributed by atoms with Gasteiger partial charge in [-0.05, 0) is 51.5 Å². The van der Waals surface area contributed by atoms with Gasteiger partial charge in [0.25, 0.3) is 0 Å². The Morgan fingerprint density at radius 2 is 1.69 bits per heavy atom. The van der Waals surface area contributed by atoms with E-state index in [1.807, 2.05) is 30.3 Å². The van der Waals surface area contributed by atoms with Gasteiger partial charge in [-0.25, -0.2) is 0 Å². The van der Waals surface area contributed by atoms with E-state index in [2.05, 4.69) is 63.6 Å². The van der Waals surface area contributed by atoms with Crippen LogP contribution in [0, 0.1) is 5.41 Å². The number of hydrogen-bond acceptors (Lipinski definition) is 5. The molecule has 0 saturated carbocycles. The molecule has 1 atom stereocenters. The molecule has 178 valence electrons. The zero-order chi connectivity index (χ0) is 24.2. The summed E-state index contributed by atoms with van der Waals surface area (Å²) < 4.78 is 19.7. The normalized spacial score (nSPS) is 13.7. The van der Waals surface area contributed by atoms with Gasteiger partial charge in [0.1, 0.15) is 12.3 Å². The highest BCUT2D eigenvalue weighted by molar-refractivity contribution is 9.10. The second-order valence-corrected chi connectivity index (χ2v) is 16.0. The summed E-state index contributed by atoms with van der Waals surface area (Å²) in [6, 6.07) is 10.0. The Morgan fingerprint density at radius 1 is 1.06 bits per heavy atom. The van der Waals surface area contributed by atoms with Crippen molar-refractivity contribution in [1.29, 1.82) is 0 Å². The lowest BCUT2D eigenvalue weighted by Gasteiger charge is -2.44. The molecule has 5 nitrogen and oxygen atoms in total. The molecule has 1 unspecified atom stereocenters. The Balaban J connectivity index is 2.54. The van der Waals surface area contributed by atoms with Crippen LogP contribution < -0.4 is 9.47 Å². The minimum Gasteiger partial charge on any atom is -0.491 e. The first-order valence-corrected chi connectivity index (χ1v) is 14.7. The number of halogens is 1. The van der Waals surface area contributed by atoms with Crippen LogP contribution in [0.3, 0.4) is 0 Å². The van der Waals surface area contributed by atoms with Crippen molar-refractivity contribution in [3.8, 4) is 11.5 Å². The van der Waals surface area contributed by atoms with Crippen LogP contribution in [0.5, 0.6) is 11.5 Å². The van der Waals surface area contributed by atoms with Gasteiger partial charge >= 0.3 is 0 Å². The average molecular weight is 525 g/mol. The number of rotatable bonds is 10. The molecule has 1 aromatic carbocycles. The number of hydrogen-bond donors (Lipinski definition) is 1. The number of pyridine rings is 1. The van der Waals surface area contributed by atoms with Crippen molar-refractivity contribution in [3.63, 3.8) is 0 Å². The number of aromatic nitrogens is 1. The second kappa shape index (κ2) is 10.7. The Morgan fingerprint density at radius 3 is 2.22 bits per heavy atom. The molecular weight excluding hydrogens is 486 g/mol. The lowest BCUT2D eigenvalue weighted by Crippen LogP contribution is -2.45. The fraction of sp³-hybridized carbons (Fsp3) is 0.560. The topological polar surface area (TPSA) is 60.8 Å². The molecule has 1 heterocycles. The maximum absolute atomic E-state index is 9.76. The first-order chi connectivity index (χ1) is 14.8. The summed E-state index contributed by atoms with van der Waals surface area (Å²) in [6.07, 6.45) is 1.96. The zero-order valence-corrected chi connectivity index (χ0v) is 23.2. The average Bonchev–Trinajstić information content (AvgIpc) is 2.71. The third kappa shape index (κ3) is 6.34. The van der Waals surface area contributed by atoms with Crippen molar-refractivity contribution in [3.05, 3.63) is 52.3 Å². The predicted molar refractivity (Wildman–Crippen MR) is 136 cm³/mol. The molecule has 0 aliphatic carbocycles. The zero-order valence-electron chi connectivity index (χ0n) is 20.7. The number of aliphatic hydroxyl groups is 1. The first-order valence-electron chi connectivity index (χ1n) is 11.0. The summed E-state index contributed by atoms with van der Waals surface area (Å²) in [6.45, 7) is 15.8. The van der Waals surface area contributed by atoms with E-state index in [0.717, 1.165) is 10.0 Å². The summed E-state index contributed by atoms with van der Waals surface area (Å²) in [7, 11) is -0.527. The smallest absolute Gasteiger partial charge is 0.193 e. The molecule has 7 heteroatoms. The number of methoxy groups -OCH3 is 1. The van der Waals surface area contributed by atoms with E-state index in [1.165, 1.54) is 0 Å². The lowest BCUT2D eigenvalue weighted by molar-refractivity contribution is 0.0344. The molecule has 0 fully saturated rings. The molecule has 0 radical (unpaired) electrons. The molecule has 32 heavy (non-hydrogen) atoms. The largest absolute Gasteiger partial charge is 0.491 e. The lowest BCUT2D eigenvalue weighted by atomic mass is 9.81. The van der Waals surface area contributed by atoms with Crippen LogP contribution in [-0.2, 0) is 11.0 Å². The van der Waals surface area contributed by atoms with Gasteiger partial charge in [0, 0.05) is 12.8 Å². The van der Waals surface area contributed by atoms with Gasteiger partial charge in [-0.1, -0.05) is 65.0 Å². The number of ether oxygens (including phenoxy) is 2. The van der Waals surface area contributed by atoms with Crippen molar-refractivity contribution < 1.29 is 19.0 Å². The van der Waals surface area contributed by atoms with Crippen molar-refractivity contribution >= 4 is 24.2 Å². The van der Waals surface area contributed by atoms with E-state index < -0.39 is 8.32 Å². The van der Waals surface area contributed by atoms with Gasteiger partial charge in [0.15, 0.2) is 19.8 Å². The van der Waals surface area contributed by atoms with Gasteiger partial charge < -0.3 is 19.0 Å². The van der Waals surface area contributed by atoms with E-state index in [-0.39, 0.29) is 23.2 Å². The maximum Gasteiger partial charge on any atom is 0.193 e.